The summed E-state index contributed by atoms with van der Waals surface area (Å²) in [5, 5.41) is 3.09. The second-order valence-electron chi connectivity index (χ2n) is 7.20. The number of carbonyl (C=O) groups is 1. The van der Waals surface area contributed by atoms with E-state index >= 15 is 0 Å². The normalized spacial score (nSPS) is 13.8. The Labute approximate surface area is 166 Å². The molecule has 1 heterocycles. The fraction of sp³-hybridized carbons (Fsp3) is 0.240. The number of benzene rings is 3. The maximum absolute atomic E-state index is 13.5. The zero-order chi connectivity index (χ0) is 19.4. The van der Waals surface area contributed by atoms with Crippen molar-refractivity contribution in [1.82, 2.24) is 5.32 Å². The first kappa shape index (κ1) is 18.3. The number of nitrogens with one attached hydrogen (secondary N) is 1. The summed E-state index contributed by atoms with van der Waals surface area (Å²) in [5.74, 6) is 1.59. The van der Waals surface area contributed by atoms with Crippen molar-refractivity contribution in [2.75, 3.05) is 6.54 Å². The third-order valence-corrected chi connectivity index (χ3v) is 5.50. The van der Waals surface area contributed by atoms with Crippen molar-refractivity contribution in [3.05, 3.63) is 95.6 Å². The fourth-order valence-corrected chi connectivity index (χ4v) is 4.22. The number of likely N-dealkylation sites (N-methyl/N-ethyl adjacent to an activating group) is 1. The number of ether oxygens (including phenoxy) is 1. The van der Waals surface area contributed by atoms with Gasteiger partial charge in [-0.1, -0.05) is 66.7 Å². The van der Waals surface area contributed by atoms with Crippen molar-refractivity contribution in [3.63, 3.8) is 0 Å². The van der Waals surface area contributed by atoms with Crippen LogP contribution in [0.25, 0.3) is 0 Å². The molecule has 0 atom stereocenters. The van der Waals surface area contributed by atoms with Gasteiger partial charge in [-0.05, 0) is 43.9 Å². The summed E-state index contributed by atoms with van der Waals surface area (Å²) >= 11 is 0. The number of carbonyl (C=O) groups excluding carboxylic acids is 1. The topological polar surface area (TPSA) is 38.3 Å². The van der Waals surface area contributed by atoms with E-state index in [1.807, 2.05) is 61.5 Å². The molecule has 0 spiro atoms. The van der Waals surface area contributed by atoms with Gasteiger partial charge < -0.3 is 10.1 Å². The van der Waals surface area contributed by atoms with Gasteiger partial charge in [-0.2, -0.15) is 0 Å². The van der Waals surface area contributed by atoms with E-state index in [1.165, 1.54) is 5.56 Å². The van der Waals surface area contributed by atoms with Crippen LogP contribution in [-0.2, 0) is 16.6 Å². The molecule has 0 aromatic heterocycles. The molecule has 0 aliphatic carbocycles. The second-order valence-corrected chi connectivity index (χ2v) is 7.20. The molecule has 28 heavy (non-hydrogen) atoms. The van der Waals surface area contributed by atoms with E-state index in [0.29, 0.717) is 6.54 Å². The lowest BCUT2D eigenvalue weighted by Gasteiger charge is -2.39. The van der Waals surface area contributed by atoms with Crippen molar-refractivity contribution in [2.24, 2.45) is 0 Å². The Hall–Kier alpha value is -3.07. The van der Waals surface area contributed by atoms with Crippen LogP contribution in [0, 0.1) is 0 Å². The molecule has 3 aromatic rings. The first-order valence-corrected chi connectivity index (χ1v) is 9.95. The Morgan fingerprint density at radius 2 is 1.43 bits per heavy atom. The molecule has 0 saturated carbocycles. The van der Waals surface area contributed by atoms with Gasteiger partial charge in [-0.25, -0.2) is 0 Å². The molecule has 1 aliphatic rings. The maximum atomic E-state index is 13.5. The lowest BCUT2D eigenvalue weighted by molar-refractivity contribution is -0.125. The third kappa shape index (κ3) is 3.18. The van der Waals surface area contributed by atoms with Gasteiger partial charge in [0, 0.05) is 17.7 Å². The van der Waals surface area contributed by atoms with E-state index in [9.17, 15) is 4.79 Å². The van der Waals surface area contributed by atoms with Crippen molar-refractivity contribution in [2.45, 2.75) is 31.6 Å². The standard InChI is InChI=1S/C25H25NO2/c1-2-26-24(27)25(18-10-13-19-11-4-3-5-12-19)20-14-6-8-16-22(20)28-23-17-9-7-15-21(23)25/h3-9,11-12,14-17H,2,10,13,18H2,1H3,(H,26,27). The van der Waals surface area contributed by atoms with Gasteiger partial charge in [0.1, 0.15) is 16.9 Å². The fourth-order valence-electron chi connectivity index (χ4n) is 4.22. The molecule has 3 aromatic carbocycles. The van der Waals surface area contributed by atoms with E-state index in [1.54, 1.807) is 0 Å². The molecule has 0 saturated heterocycles. The van der Waals surface area contributed by atoms with E-state index in [4.69, 9.17) is 4.74 Å². The van der Waals surface area contributed by atoms with E-state index in [-0.39, 0.29) is 5.91 Å². The minimum Gasteiger partial charge on any atom is -0.457 e. The van der Waals surface area contributed by atoms with Gasteiger partial charge in [0.25, 0.3) is 0 Å². The van der Waals surface area contributed by atoms with E-state index in [2.05, 4.69) is 29.6 Å². The summed E-state index contributed by atoms with van der Waals surface area (Å²) in [5.41, 5.74) is 2.46. The number of hydrogen-bond acceptors (Lipinski definition) is 2. The molecular formula is C25H25NO2. The Balaban J connectivity index is 1.78. The summed E-state index contributed by atoms with van der Waals surface area (Å²) in [7, 11) is 0. The predicted octanol–water partition coefficient (Wildman–Crippen LogP) is 5.24. The van der Waals surface area contributed by atoms with Crippen molar-refractivity contribution >= 4 is 5.91 Å². The molecule has 4 rings (SSSR count). The van der Waals surface area contributed by atoms with E-state index < -0.39 is 5.41 Å². The third-order valence-electron chi connectivity index (χ3n) is 5.50. The highest BCUT2D eigenvalue weighted by Gasteiger charge is 2.47. The summed E-state index contributed by atoms with van der Waals surface area (Å²) in [6.45, 7) is 2.57. The van der Waals surface area contributed by atoms with Crippen LogP contribution in [0.5, 0.6) is 11.5 Å². The van der Waals surface area contributed by atoms with Gasteiger partial charge in [0.05, 0.1) is 0 Å². The average Bonchev–Trinajstić information content (AvgIpc) is 2.74. The Morgan fingerprint density at radius 3 is 2.04 bits per heavy atom. The molecule has 3 nitrogen and oxygen atoms in total. The van der Waals surface area contributed by atoms with Gasteiger partial charge >= 0.3 is 0 Å². The highest BCUT2D eigenvalue weighted by atomic mass is 16.5. The number of fused-ring (bicyclic) bond motifs is 2. The zero-order valence-electron chi connectivity index (χ0n) is 16.2. The summed E-state index contributed by atoms with van der Waals surface area (Å²) in [6, 6.07) is 26.3. The number of aryl methyl sites for hydroxylation is 1. The van der Waals surface area contributed by atoms with Gasteiger partial charge in [0.2, 0.25) is 5.91 Å². The van der Waals surface area contributed by atoms with Crippen LogP contribution in [0.15, 0.2) is 78.9 Å². The molecule has 0 radical (unpaired) electrons. The molecule has 0 fully saturated rings. The van der Waals surface area contributed by atoms with Crippen LogP contribution in [-0.4, -0.2) is 12.5 Å². The quantitative estimate of drug-likeness (QED) is 0.644. The molecular weight excluding hydrogens is 346 g/mol. The van der Waals surface area contributed by atoms with Crippen LogP contribution < -0.4 is 10.1 Å². The molecule has 1 amide bonds. The van der Waals surface area contributed by atoms with E-state index in [0.717, 1.165) is 41.9 Å². The van der Waals surface area contributed by atoms with Crippen LogP contribution in [0.2, 0.25) is 0 Å². The number of amides is 1. The first-order valence-electron chi connectivity index (χ1n) is 9.95. The lowest BCUT2D eigenvalue weighted by Crippen LogP contribution is -2.47. The van der Waals surface area contributed by atoms with Crippen LogP contribution in [0.1, 0.15) is 36.5 Å². The van der Waals surface area contributed by atoms with Crippen molar-refractivity contribution < 1.29 is 9.53 Å². The van der Waals surface area contributed by atoms with Crippen LogP contribution >= 0.6 is 0 Å². The zero-order valence-corrected chi connectivity index (χ0v) is 16.2. The first-order chi connectivity index (χ1) is 13.8. The lowest BCUT2D eigenvalue weighted by atomic mass is 9.68. The smallest absolute Gasteiger partial charge is 0.235 e. The van der Waals surface area contributed by atoms with Gasteiger partial charge in [-0.15, -0.1) is 0 Å². The SMILES string of the molecule is CCNC(=O)C1(CCCc2ccccc2)c2ccccc2Oc2ccccc21. The minimum atomic E-state index is -0.740. The van der Waals surface area contributed by atoms with Crippen molar-refractivity contribution in [1.29, 1.82) is 0 Å². The molecule has 1 aliphatic heterocycles. The average molecular weight is 371 g/mol. The Morgan fingerprint density at radius 1 is 0.857 bits per heavy atom. The van der Waals surface area contributed by atoms with Crippen LogP contribution in [0.4, 0.5) is 0 Å². The maximum Gasteiger partial charge on any atom is 0.235 e. The predicted molar refractivity (Wildman–Crippen MR) is 112 cm³/mol. The van der Waals surface area contributed by atoms with Crippen LogP contribution in [0.3, 0.4) is 0 Å². The van der Waals surface area contributed by atoms with Gasteiger partial charge in [0.15, 0.2) is 0 Å². The summed E-state index contributed by atoms with van der Waals surface area (Å²) in [6.07, 6.45) is 2.57. The van der Waals surface area contributed by atoms with Gasteiger partial charge in [-0.3, -0.25) is 4.79 Å². The molecule has 3 heteroatoms. The highest BCUT2D eigenvalue weighted by molar-refractivity contribution is 5.94. The van der Waals surface area contributed by atoms with Crippen molar-refractivity contribution in [3.8, 4) is 11.5 Å². The summed E-state index contributed by atoms with van der Waals surface area (Å²) < 4.78 is 6.15. The molecule has 0 bridgehead atoms. The Bertz CT molecular complexity index is 920. The largest absolute Gasteiger partial charge is 0.457 e. The number of hydrogen-bond donors (Lipinski definition) is 1. The highest BCUT2D eigenvalue weighted by Crippen LogP contribution is 2.50. The molecule has 142 valence electrons. The second kappa shape index (κ2) is 7.89. The molecule has 0 unspecified atom stereocenters. The number of rotatable bonds is 6. The monoisotopic (exact) mass is 371 g/mol. The molecule has 1 N–H and O–H groups in total. The minimum absolute atomic E-state index is 0.0475. The Kier molecular flexibility index (Phi) is 5.16. The number of para-hydroxylation sites is 2. The summed E-state index contributed by atoms with van der Waals surface area (Å²) in [4.78, 5) is 13.5.